The number of carbonyl (C=O) groups excluding carboxylic acids is 5. The summed E-state index contributed by atoms with van der Waals surface area (Å²) in [6.45, 7) is 11.6. The number of ether oxygens (including phenoxy) is 1. The van der Waals surface area contributed by atoms with Crippen molar-refractivity contribution in [1.29, 1.82) is 0 Å². The van der Waals surface area contributed by atoms with Crippen LogP contribution in [0.1, 0.15) is 82.9 Å². The Labute approximate surface area is 298 Å². The molecule has 14 nitrogen and oxygen atoms in total. The van der Waals surface area contributed by atoms with Gasteiger partial charge in [0.1, 0.15) is 23.7 Å². The van der Waals surface area contributed by atoms with Crippen LogP contribution in [0.2, 0.25) is 0 Å². The van der Waals surface area contributed by atoms with E-state index in [4.69, 9.17) is 4.74 Å². The molecule has 6 amide bonds. The second kappa shape index (κ2) is 13.6. The second-order valence-electron chi connectivity index (χ2n) is 15.4. The number of sulfonamides is 1. The van der Waals surface area contributed by atoms with Crippen molar-refractivity contribution in [2.45, 2.75) is 114 Å². The minimum Gasteiger partial charge on any atom is -0.444 e. The fourth-order valence-corrected chi connectivity index (χ4v) is 8.60. The van der Waals surface area contributed by atoms with E-state index in [-0.39, 0.29) is 25.3 Å². The summed E-state index contributed by atoms with van der Waals surface area (Å²) in [6.07, 6.45) is 6.33. The molecule has 6 rings (SSSR count). The third kappa shape index (κ3) is 7.63. The topological polar surface area (TPSA) is 183 Å². The van der Waals surface area contributed by atoms with Gasteiger partial charge in [-0.2, -0.15) is 0 Å². The minimum atomic E-state index is -3.90. The van der Waals surface area contributed by atoms with Crippen LogP contribution in [0, 0.1) is 11.8 Å². The molecule has 3 fully saturated rings. The average Bonchev–Trinajstić information content (AvgIpc) is 3.95. The van der Waals surface area contributed by atoms with Crippen LogP contribution in [0.15, 0.2) is 36.9 Å². The number of nitrogens with zero attached hydrogens (tertiary/aromatic N) is 2. The molecule has 1 saturated heterocycles. The quantitative estimate of drug-likeness (QED) is 0.310. The number of hydrogen-bond donors (Lipinski definition) is 4. The highest BCUT2D eigenvalue weighted by Crippen LogP contribution is 2.45. The molecule has 3 heterocycles. The Morgan fingerprint density at radius 3 is 2.55 bits per heavy atom. The zero-order valence-electron chi connectivity index (χ0n) is 29.6. The molecule has 15 heteroatoms. The molecule has 276 valence electrons. The van der Waals surface area contributed by atoms with Crippen molar-refractivity contribution in [2.75, 3.05) is 6.54 Å². The number of urea groups is 1. The van der Waals surface area contributed by atoms with Gasteiger partial charge in [-0.05, 0) is 68.6 Å². The average molecular weight is 725 g/mol. The molecule has 1 aromatic rings. The number of amides is 6. The van der Waals surface area contributed by atoms with Crippen LogP contribution in [-0.4, -0.2) is 89.1 Å². The lowest BCUT2D eigenvalue weighted by molar-refractivity contribution is -0.141. The molecule has 3 aliphatic heterocycles. The fraction of sp³-hybridized carbons (Fsp3) is 0.583. The molecule has 4 bridgehead atoms. The number of fused-ring (bicyclic) bond motifs is 3. The Bertz CT molecular complexity index is 1770. The van der Waals surface area contributed by atoms with E-state index in [0.717, 1.165) is 16.7 Å². The SMILES string of the molecule is C=C[C@@H]1C[C@@]1(NC(=O)[C@@H]1C[C@@H]2CN1C(=O)[C@H](C(C)C)NC(=O)NC(C)(C)CC/C=C/c1cccc3c1CN(C3)C(=O)O2)C(=O)NS(=O)(=O)C1CC1. The van der Waals surface area contributed by atoms with Gasteiger partial charge in [0.15, 0.2) is 0 Å². The van der Waals surface area contributed by atoms with Crippen molar-refractivity contribution >= 4 is 45.9 Å². The van der Waals surface area contributed by atoms with Crippen molar-refractivity contribution in [3.63, 3.8) is 0 Å². The van der Waals surface area contributed by atoms with E-state index >= 15 is 0 Å². The van der Waals surface area contributed by atoms with Crippen LogP contribution >= 0.6 is 0 Å². The third-order valence-corrected chi connectivity index (χ3v) is 12.4. The Morgan fingerprint density at radius 2 is 1.88 bits per heavy atom. The van der Waals surface area contributed by atoms with E-state index in [1.54, 1.807) is 18.7 Å². The highest BCUT2D eigenvalue weighted by atomic mass is 32.2. The Kier molecular flexibility index (Phi) is 9.72. The molecule has 0 radical (unpaired) electrons. The van der Waals surface area contributed by atoms with Crippen LogP contribution in [0.25, 0.3) is 6.08 Å². The van der Waals surface area contributed by atoms with Crippen molar-refractivity contribution < 1.29 is 37.1 Å². The Morgan fingerprint density at radius 1 is 1.14 bits per heavy atom. The van der Waals surface area contributed by atoms with Crippen molar-refractivity contribution in [3.05, 3.63) is 53.6 Å². The summed E-state index contributed by atoms with van der Waals surface area (Å²) in [4.78, 5) is 71.6. The molecular weight excluding hydrogens is 676 g/mol. The maximum atomic E-state index is 14.3. The lowest BCUT2D eigenvalue weighted by Gasteiger charge is -2.32. The van der Waals surface area contributed by atoms with Crippen LogP contribution in [0.3, 0.4) is 0 Å². The van der Waals surface area contributed by atoms with E-state index in [2.05, 4.69) is 27.3 Å². The van der Waals surface area contributed by atoms with Gasteiger partial charge in [0, 0.05) is 24.4 Å². The van der Waals surface area contributed by atoms with Crippen LogP contribution in [0.5, 0.6) is 0 Å². The third-order valence-electron chi connectivity index (χ3n) is 10.5. The van der Waals surface area contributed by atoms with Gasteiger partial charge in [-0.3, -0.25) is 24.0 Å². The smallest absolute Gasteiger partial charge is 0.410 e. The summed E-state index contributed by atoms with van der Waals surface area (Å²) in [5.41, 5.74) is 0.806. The molecule has 2 aliphatic carbocycles. The van der Waals surface area contributed by atoms with Crippen molar-refractivity contribution in [2.24, 2.45) is 11.8 Å². The molecule has 5 aliphatic rings. The predicted molar refractivity (Wildman–Crippen MR) is 188 cm³/mol. The maximum Gasteiger partial charge on any atom is 0.410 e. The van der Waals surface area contributed by atoms with Crippen LogP contribution in [-0.2, 0) is 42.2 Å². The molecule has 1 aromatic carbocycles. The number of hydrogen-bond acceptors (Lipinski definition) is 8. The molecule has 4 N–H and O–H groups in total. The minimum absolute atomic E-state index is 0.0705. The molecular formula is C36H48N6O8S. The number of benzene rings is 1. The fourth-order valence-electron chi connectivity index (χ4n) is 7.24. The van der Waals surface area contributed by atoms with Gasteiger partial charge in [0.25, 0.3) is 5.91 Å². The Balaban J connectivity index is 1.28. The monoisotopic (exact) mass is 724 g/mol. The predicted octanol–water partition coefficient (Wildman–Crippen LogP) is 2.69. The summed E-state index contributed by atoms with van der Waals surface area (Å²) < 4.78 is 33.4. The van der Waals surface area contributed by atoms with Gasteiger partial charge in [-0.1, -0.05) is 50.3 Å². The van der Waals surface area contributed by atoms with Gasteiger partial charge in [0.2, 0.25) is 21.8 Å². The number of rotatable bonds is 7. The van der Waals surface area contributed by atoms with Gasteiger partial charge in [-0.15, -0.1) is 6.58 Å². The van der Waals surface area contributed by atoms with Gasteiger partial charge < -0.3 is 25.6 Å². The summed E-state index contributed by atoms with van der Waals surface area (Å²) >= 11 is 0. The van der Waals surface area contributed by atoms with Crippen LogP contribution in [0.4, 0.5) is 9.59 Å². The summed E-state index contributed by atoms with van der Waals surface area (Å²) in [7, 11) is -3.90. The second-order valence-corrected chi connectivity index (χ2v) is 17.4. The summed E-state index contributed by atoms with van der Waals surface area (Å²) in [5.74, 6) is -3.03. The van der Waals surface area contributed by atoms with Gasteiger partial charge in [-0.25, -0.2) is 18.0 Å². The lowest BCUT2D eigenvalue weighted by atomic mass is 9.97. The zero-order chi connectivity index (χ0) is 36.9. The Hall–Kier alpha value is -4.40. The first kappa shape index (κ1) is 36.4. The lowest BCUT2D eigenvalue weighted by Crippen LogP contribution is -2.60. The highest BCUT2D eigenvalue weighted by Gasteiger charge is 2.62. The number of allylic oxidation sites excluding steroid dienone is 1. The normalized spacial score (nSPS) is 29.9. The van der Waals surface area contributed by atoms with E-state index in [0.29, 0.717) is 38.8 Å². The molecule has 5 atom stereocenters. The molecule has 0 spiro atoms. The molecule has 0 unspecified atom stereocenters. The zero-order valence-corrected chi connectivity index (χ0v) is 30.4. The van der Waals surface area contributed by atoms with E-state index < -0.39 is 80.3 Å². The first-order valence-electron chi connectivity index (χ1n) is 17.7. The van der Waals surface area contributed by atoms with Crippen molar-refractivity contribution in [3.8, 4) is 0 Å². The number of nitrogens with one attached hydrogen (secondary N) is 4. The molecule has 2 saturated carbocycles. The molecule has 51 heavy (non-hydrogen) atoms. The highest BCUT2D eigenvalue weighted by molar-refractivity contribution is 7.91. The van der Waals surface area contributed by atoms with E-state index in [1.165, 1.54) is 11.0 Å². The summed E-state index contributed by atoms with van der Waals surface area (Å²) in [6, 6.07) is 3.12. The summed E-state index contributed by atoms with van der Waals surface area (Å²) in [5, 5.41) is 7.88. The van der Waals surface area contributed by atoms with Gasteiger partial charge >= 0.3 is 12.1 Å². The standard InChI is InChI=1S/C36H48N6O8S/c1-6-24-17-36(24,32(45)40-51(48,49)26-13-14-26)38-30(43)28-16-25-19-42(28)31(44)29(21(2)3)37-33(46)39-35(4,5)15-8-7-10-22-11-9-12-23-18-41(20-27(22)23)34(47)50-25/h6-7,9-12,21,24-26,28-29H,1,8,13-20H2,2-5H3,(H,38,43)(H,40,45)(H2,37,39,46)/b10-7+/t24-,25-,28+,29+,36+/m1/s1. The maximum absolute atomic E-state index is 14.3. The van der Waals surface area contributed by atoms with Gasteiger partial charge in [0.05, 0.1) is 18.3 Å². The van der Waals surface area contributed by atoms with Crippen LogP contribution < -0.4 is 20.7 Å². The number of carbonyl (C=O) groups is 5. The van der Waals surface area contributed by atoms with E-state index in [9.17, 15) is 32.4 Å². The molecule has 0 aromatic heterocycles. The van der Waals surface area contributed by atoms with Crippen molar-refractivity contribution in [1.82, 2.24) is 30.5 Å². The van der Waals surface area contributed by atoms with E-state index in [1.807, 2.05) is 44.2 Å². The first-order chi connectivity index (χ1) is 24.0. The first-order valence-corrected chi connectivity index (χ1v) is 19.2. The largest absolute Gasteiger partial charge is 0.444 e.